The van der Waals surface area contributed by atoms with Gasteiger partial charge in [-0.05, 0) is 13.0 Å². The predicted octanol–water partition coefficient (Wildman–Crippen LogP) is 1.57. The first-order valence-electron chi connectivity index (χ1n) is 4.58. The minimum absolute atomic E-state index is 0.0437. The first-order valence-corrected chi connectivity index (χ1v) is 4.58. The highest BCUT2D eigenvalue weighted by atomic mass is 19.3. The van der Waals surface area contributed by atoms with Crippen LogP contribution >= 0.6 is 0 Å². The van der Waals surface area contributed by atoms with E-state index in [1.165, 1.54) is 6.92 Å². The fourth-order valence-corrected chi connectivity index (χ4v) is 1.41. The summed E-state index contributed by atoms with van der Waals surface area (Å²) in [5, 5.41) is 0. The second-order valence-corrected chi connectivity index (χ2v) is 3.16. The van der Waals surface area contributed by atoms with Gasteiger partial charge in [0.1, 0.15) is 0 Å². The molecule has 0 aromatic carbocycles. The zero-order valence-electron chi connectivity index (χ0n) is 8.96. The molecule has 0 aliphatic rings. The van der Waals surface area contributed by atoms with E-state index in [1.54, 1.807) is 0 Å². The number of nitrogens with two attached hydrogens (primary N) is 1. The first-order chi connectivity index (χ1) is 7.51. The second kappa shape index (κ2) is 4.98. The van der Waals surface area contributed by atoms with Gasteiger partial charge in [-0.2, -0.15) is 0 Å². The molecule has 1 aromatic rings. The second-order valence-electron chi connectivity index (χ2n) is 3.16. The molecule has 0 amide bonds. The number of hydrogen-bond donors (Lipinski definition) is 1. The quantitative estimate of drug-likeness (QED) is 0.800. The molecule has 1 heterocycles. The van der Waals surface area contributed by atoms with Gasteiger partial charge in [-0.1, -0.05) is 0 Å². The van der Waals surface area contributed by atoms with Gasteiger partial charge in [-0.25, -0.2) is 13.6 Å². The average Bonchev–Trinajstić information content (AvgIpc) is 2.26. The number of nitrogens with zero attached hydrogens (tertiary/aromatic N) is 1. The van der Waals surface area contributed by atoms with Crippen LogP contribution < -0.4 is 5.73 Å². The van der Waals surface area contributed by atoms with Crippen molar-refractivity contribution in [2.45, 2.75) is 19.9 Å². The summed E-state index contributed by atoms with van der Waals surface area (Å²) in [5.41, 5.74) is 5.27. The predicted molar refractivity (Wildman–Crippen MR) is 53.2 cm³/mol. The largest absolute Gasteiger partial charge is 0.465 e. The standard InChI is InChI=1S/C10H12F2N2O2/c1-5-8(10(15)16-2)7(9(11)12)3-6(4-13)14-5/h3,9H,4,13H2,1-2H3. The van der Waals surface area contributed by atoms with Crippen LogP contribution in [-0.4, -0.2) is 18.1 Å². The lowest BCUT2D eigenvalue weighted by molar-refractivity contribution is 0.0587. The lowest BCUT2D eigenvalue weighted by Crippen LogP contribution is -2.13. The van der Waals surface area contributed by atoms with Gasteiger partial charge >= 0.3 is 5.97 Å². The van der Waals surface area contributed by atoms with Crippen molar-refractivity contribution in [3.8, 4) is 0 Å². The lowest BCUT2D eigenvalue weighted by Gasteiger charge is -2.11. The Morgan fingerprint density at radius 3 is 2.69 bits per heavy atom. The summed E-state index contributed by atoms with van der Waals surface area (Å²) in [4.78, 5) is 15.3. The lowest BCUT2D eigenvalue weighted by atomic mass is 10.1. The Morgan fingerprint density at radius 1 is 1.62 bits per heavy atom. The van der Waals surface area contributed by atoms with E-state index < -0.39 is 12.4 Å². The third-order valence-electron chi connectivity index (χ3n) is 2.12. The summed E-state index contributed by atoms with van der Waals surface area (Å²) >= 11 is 0. The zero-order chi connectivity index (χ0) is 12.3. The number of methoxy groups -OCH3 is 1. The van der Waals surface area contributed by atoms with Gasteiger partial charge in [-0.15, -0.1) is 0 Å². The van der Waals surface area contributed by atoms with Gasteiger partial charge in [0.2, 0.25) is 0 Å². The third kappa shape index (κ3) is 2.33. The van der Waals surface area contributed by atoms with Gasteiger partial charge in [0, 0.05) is 12.1 Å². The molecule has 1 aromatic heterocycles. The maximum atomic E-state index is 12.7. The maximum Gasteiger partial charge on any atom is 0.340 e. The van der Waals surface area contributed by atoms with Crippen LogP contribution in [0.4, 0.5) is 8.78 Å². The van der Waals surface area contributed by atoms with E-state index in [2.05, 4.69) is 9.72 Å². The van der Waals surface area contributed by atoms with Gasteiger partial charge in [-0.3, -0.25) is 4.98 Å². The van der Waals surface area contributed by atoms with Crippen molar-refractivity contribution in [1.82, 2.24) is 4.98 Å². The van der Waals surface area contributed by atoms with Gasteiger partial charge < -0.3 is 10.5 Å². The number of ether oxygens (including phenoxy) is 1. The third-order valence-corrected chi connectivity index (χ3v) is 2.12. The summed E-state index contributed by atoms with van der Waals surface area (Å²) in [6, 6.07) is 1.13. The molecule has 0 bridgehead atoms. The van der Waals surface area contributed by atoms with Crippen LogP contribution in [0.3, 0.4) is 0 Å². The van der Waals surface area contributed by atoms with E-state index in [0.717, 1.165) is 13.2 Å². The molecule has 2 N–H and O–H groups in total. The Bertz CT molecular complexity index is 408. The molecule has 4 nitrogen and oxygen atoms in total. The smallest absolute Gasteiger partial charge is 0.340 e. The van der Waals surface area contributed by atoms with Crippen molar-refractivity contribution in [2.75, 3.05) is 7.11 Å². The molecule has 0 fully saturated rings. The number of alkyl halides is 2. The Kier molecular flexibility index (Phi) is 3.89. The van der Waals surface area contributed by atoms with E-state index in [4.69, 9.17) is 5.73 Å². The molecule has 0 radical (unpaired) electrons. The molecule has 0 spiro atoms. The molecule has 6 heteroatoms. The Hall–Kier alpha value is -1.56. The molecule has 0 atom stereocenters. The van der Waals surface area contributed by atoms with Crippen LogP contribution in [0, 0.1) is 6.92 Å². The van der Waals surface area contributed by atoms with E-state index in [1.807, 2.05) is 0 Å². The number of aromatic nitrogens is 1. The molecular formula is C10H12F2N2O2. The summed E-state index contributed by atoms with van der Waals surface area (Å²) < 4.78 is 29.9. The minimum atomic E-state index is -2.76. The number of carbonyl (C=O) groups is 1. The number of rotatable bonds is 3. The van der Waals surface area contributed by atoms with Gasteiger partial charge in [0.05, 0.1) is 24.1 Å². The number of aryl methyl sites for hydroxylation is 1. The normalized spacial score (nSPS) is 10.6. The van der Waals surface area contributed by atoms with Crippen molar-refractivity contribution in [1.29, 1.82) is 0 Å². The first kappa shape index (κ1) is 12.5. The summed E-state index contributed by atoms with van der Waals surface area (Å²) in [6.07, 6.45) is -2.76. The van der Waals surface area contributed by atoms with Crippen LogP contribution in [-0.2, 0) is 11.3 Å². The van der Waals surface area contributed by atoms with E-state index in [-0.39, 0.29) is 23.4 Å². The molecule has 0 aliphatic heterocycles. The number of pyridine rings is 1. The molecule has 0 unspecified atom stereocenters. The van der Waals surface area contributed by atoms with E-state index in [9.17, 15) is 13.6 Å². The molecular weight excluding hydrogens is 218 g/mol. The summed E-state index contributed by atoms with van der Waals surface area (Å²) in [7, 11) is 1.13. The number of carbonyl (C=O) groups excluding carboxylic acids is 1. The van der Waals surface area contributed by atoms with Crippen molar-refractivity contribution < 1.29 is 18.3 Å². The molecule has 0 saturated heterocycles. The van der Waals surface area contributed by atoms with Crippen LogP contribution in [0.1, 0.15) is 33.7 Å². The average molecular weight is 230 g/mol. The molecule has 88 valence electrons. The Labute approximate surface area is 91.4 Å². The fraction of sp³-hybridized carbons (Fsp3) is 0.400. The number of esters is 1. The molecule has 1 rings (SSSR count). The molecule has 0 saturated carbocycles. The van der Waals surface area contributed by atoms with Crippen LogP contribution in [0.15, 0.2) is 6.07 Å². The zero-order valence-corrected chi connectivity index (χ0v) is 8.96. The summed E-state index contributed by atoms with van der Waals surface area (Å²) in [6.45, 7) is 1.51. The van der Waals surface area contributed by atoms with Crippen molar-refractivity contribution in [2.24, 2.45) is 5.73 Å². The van der Waals surface area contributed by atoms with Gasteiger partial charge in [0.25, 0.3) is 6.43 Å². The molecule has 0 aliphatic carbocycles. The van der Waals surface area contributed by atoms with Crippen molar-refractivity contribution in [3.63, 3.8) is 0 Å². The van der Waals surface area contributed by atoms with Crippen LogP contribution in [0.5, 0.6) is 0 Å². The highest BCUT2D eigenvalue weighted by molar-refractivity contribution is 5.92. The SMILES string of the molecule is COC(=O)c1c(C(F)F)cc(CN)nc1C. The summed E-state index contributed by atoms with van der Waals surface area (Å²) in [5.74, 6) is -0.816. The van der Waals surface area contributed by atoms with Crippen molar-refractivity contribution in [3.05, 3.63) is 28.6 Å². The minimum Gasteiger partial charge on any atom is -0.465 e. The number of hydrogen-bond acceptors (Lipinski definition) is 4. The number of halogens is 2. The fourth-order valence-electron chi connectivity index (χ4n) is 1.41. The molecule has 16 heavy (non-hydrogen) atoms. The van der Waals surface area contributed by atoms with E-state index in [0.29, 0.717) is 5.69 Å². The highest BCUT2D eigenvalue weighted by Crippen LogP contribution is 2.26. The monoisotopic (exact) mass is 230 g/mol. The topological polar surface area (TPSA) is 65.2 Å². The van der Waals surface area contributed by atoms with Gasteiger partial charge in [0.15, 0.2) is 0 Å². The highest BCUT2D eigenvalue weighted by Gasteiger charge is 2.22. The van der Waals surface area contributed by atoms with E-state index >= 15 is 0 Å². The maximum absolute atomic E-state index is 12.7. The van der Waals surface area contributed by atoms with Crippen LogP contribution in [0.25, 0.3) is 0 Å². The Balaban J connectivity index is 3.39. The van der Waals surface area contributed by atoms with Crippen LogP contribution in [0.2, 0.25) is 0 Å². The van der Waals surface area contributed by atoms with Crippen molar-refractivity contribution >= 4 is 5.97 Å². The Morgan fingerprint density at radius 2 is 2.25 bits per heavy atom.